The van der Waals surface area contributed by atoms with Crippen molar-refractivity contribution in [3.63, 3.8) is 0 Å². The minimum Gasteiger partial charge on any atom is -0.312 e. The van der Waals surface area contributed by atoms with Crippen LogP contribution < -0.4 is 10.6 Å². The van der Waals surface area contributed by atoms with Gasteiger partial charge in [0.05, 0.1) is 0 Å². The van der Waals surface area contributed by atoms with Gasteiger partial charge in [0.25, 0.3) is 5.91 Å². The highest BCUT2D eigenvalue weighted by Crippen LogP contribution is 2.46. The molecule has 1 amide bonds. The molecule has 3 heterocycles. The number of H-pyrrole nitrogens is 2. The maximum atomic E-state index is 12.3. The van der Waals surface area contributed by atoms with E-state index in [1.807, 2.05) is 6.07 Å². The van der Waals surface area contributed by atoms with Crippen molar-refractivity contribution in [3.05, 3.63) is 28.7 Å². The van der Waals surface area contributed by atoms with Crippen LogP contribution in [0, 0.1) is 5.92 Å². The number of hydrogen-bond acceptors (Lipinski definition) is 4. The van der Waals surface area contributed by atoms with Crippen LogP contribution in [0.4, 0.5) is 5.82 Å². The van der Waals surface area contributed by atoms with Crippen molar-refractivity contribution in [3.8, 4) is 0 Å². The lowest BCUT2D eigenvalue weighted by Gasteiger charge is -2.12. The van der Waals surface area contributed by atoms with E-state index in [9.17, 15) is 4.79 Å². The van der Waals surface area contributed by atoms with Gasteiger partial charge in [-0.1, -0.05) is 6.92 Å². The summed E-state index contributed by atoms with van der Waals surface area (Å²) < 4.78 is 0. The van der Waals surface area contributed by atoms with Crippen molar-refractivity contribution in [2.75, 3.05) is 11.9 Å². The van der Waals surface area contributed by atoms with E-state index in [4.69, 9.17) is 0 Å². The molecule has 0 spiro atoms. The van der Waals surface area contributed by atoms with Crippen LogP contribution in [0.25, 0.3) is 0 Å². The second-order valence-electron chi connectivity index (χ2n) is 5.94. The van der Waals surface area contributed by atoms with Crippen molar-refractivity contribution in [1.29, 1.82) is 0 Å². The number of aromatic nitrogens is 4. The molecule has 7 heteroatoms. The maximum absolute atomic E-state index is 12.3. The molecule has 21 heavy (non-hydrogen) atoms. The number of hydrogen-bond donors (Lipinski definition) is 4. The summed E-state index contributed by atoms with van der Waals surface area (Å²) in [5, 5.41) is 20.3. The van der Waals surface area contributed by atoms with Crippen molar-refractivity contribution < 1.29 is 4.79 Å². The van der Waals surface area contributed by atoms with Gasteiger partial charge < -0.3 is 10.6 Å². The van der Waals surface area contributed by atoms with E-state index < -0.39 is 0 Å². The number of aromatic amines is 2. The molecule has 1 aliphatic heterocycles. The van der Waals surface area contributed by atoms with Gasteiger partial charge in [0.1, 0.15) is 0 Å². The third-order valence-electron chi connectivity index (χ3n) is 4.37. The van der Waals surface area contributed by atoms with Gasteiger partial charge >= 0.3 is 0 Å². The summed E-state index contributed by atoms with van der Waals surface area (Å²) in [6, 6.07) is 1.92. The van der Waals surface area contributed by atoms with E-state index in [0.29, 0.717) is 29.9 Å². The Morgan fingerprint density at radius 3 is 3.05 bits per heavy atom. The highest BCUT2D eigenvalue weighted by Gasteiger charge is 2.35. The molecule has 1 aliphatic carbocycles. The molecule has 2 aromatic heterocycles. The van der Waals surface area contributed by atoms with Crippen LogP contribution in [-0.4, -0.2) is 32.8 Å². The van der Waals surface area contributed by atoms with E-state index in [1.54, 1.807) is 0 Å². The largest absolute Gasteiger partial charge is 0.312 e. The third kappa shape index (κ3) is 2.23. The molecule has 110 valence electrons. The highest BCUT2D eigenvalue weighted by atomic mass is 16.2. The maximum Gasteiger partial charge on any atom is 0.277 e. The SMILES string of the molecule is CC1CC1c1cc(NC(=O)c2n[nH]c3c2CNCC3)n[nH]1. The molecular formula is C14H18N6O. The minimum absolute atomic E-state index is 0.210. The Balaban J connectivity index is 1.50. The zero-order valence-electron chi connectivity index (χ0n) is 11.9. The number of carbonyl (C=O) groups is 1. The fourth-order valence-corrected chi connectivity index (χ4v) is 2.93. The summed E-state index contributed by atoms with van der Waals surface area (Å²) in [5.41, 5.74) is 3.57. The van der Waals surface area contributed by atoms with Gasteiger partial charge in [-0.25, -0.2) is 0 Å². The van der Waals surface area contributed by atoms with E-state index in [-0.39, 0.29) is 5.91 Å². The van der Waals surface area contributed by atoms with Crippen LogP contribution in [0.3, 0.4) is 0 Å². The van der Waals surface area contributed by atoms with Crippen LogP contribution >= 0.6 is 0 Å². The van der Waals surface area contributed by atoms with Crippen LogP contribution in [0.2, 0.25) is 0 Å². The average Bonchev–Trinajstić information content (AvgIpc) is 2.92. The normalized spacial score (nSPS) is 23.7. The molecule has 2 aromatic rings. The van der Waals surface area contributed by atoms with Crippen molar-refractivity contribution in [2.45, 2.75) is 32.2 Å². The minimum atomic E-state index is -0.210. The molecule has 0 aromatic carbocycles. The lowest BCUT2D eigenvalue weighted by Crippen LogP contribution is -2.25. The number of amides is 1. The Hall–Kier alpha value is -2.15. The Kier molecular flexibility index (Phi) is 2.81. The highest BCUT2D eigenvalue weighted by molar-refractivity contribution is 6.03. The fraction of sp³-hybridized carbons (Fsp3) is 0.500. The monoisotopic (exact) mass is 286 g/mol. The Morgan fingerprint density at radius 2 is 2.24 bits per heavy atom. The summed E-state index contributed by atoms with van der Waals surface area (Å²) in [4.78, 5) is 12.3. The second kappa shape index (κ2) is 4.70. The number of carbonyl (C=O) groups excluding carboxylic acids is 1. The van der Waals surface area contributed by atoms with Crippen molar-refractivity contribution >= 4 is 11.7 Å². The lowest BCUT2D eigenvalue weighted by molar-refractivity contribution is 0.102. The number of anilines is 1. The Morgan fingerprint density at radius 1 is 1.38 bits per heavy atom. The van der Waals surface area contributed by atoms with Gasteiger partial charge in [-0.15, -0.1) is 0 Å². The van der Waals surface area contributed by atoms with Gasteiger partial charge in [0.2, 0.25) is 0 Å². The van der Waals surface area contributed by atoms with Gasteiger partial charge in [-0.3, -0.25) is 15.0 Å². The van der Waals surface area contributed by atoms with Crippen LogP contribution in [-0.2, 0) is 13.0 Å². The summed E-state index contributed by atoms with van der Waals surface area (Å²) in [5.74, 6) is 1.62. The third-order valence-corrected chi connectivity index (χ3v) is 4.37. The summed E-state index contributed by atoms with van der Waals surface area (Å²) in [6.07, 6.45) is 2.07. The molecule has 1 saturated carbocycles. The first-order chi connectivity index (χ1) is 10.2. The van der Waals surface area contributed by atoms with E-state index in [0.717, 1.165) is 29.9 Å². The fourth-order valence-electron chi connectivity index (χ4n) is 2.93. The van der Waals surface area contributed by atoms with E-state index >= 15 is 0 Å². The summed E-state index contributed by atoms with van der Waals surface area (Å²) >= 11 is 0. The second-order valence-corrected chi connectivity index (χ2v) is 5.94. The van der Waals surface area contributed by atoms with Gasteiger partial charge in [0, 0.05) is 48.4 Å². The Labute approximate surface area is 121 Å². The number of nitrogens with one attached hydrogen (secondary N) is 4. The summed E-state index contributed by atoms with van der Waals surface area (Å²) in [6.45, 7) is 3.81. The Bertz CT molecular complexity index is 687. The lowest BCUT2D eigenvalue weighted by atomic mass is 10.1. The molecular weight excluding hydrogens is 268 g/mol. The molecule has 2 aliphatic rings. The predicted molar refractivity (Wildman–Crippen MR) is 77.1 cm³/mol. The van der Waals surface area contributed by atoms with Crippen LogP contribution in [0.5, 0.6) is 0 Å². The van der Waals surface area contributed by atoms with Crippen LogP contribution in [0.15, 0.2) is 6.07 Å². The number of fused-ring (bicyclic) bond motifs is 1. The zero-order chi connectivity index (χ0) is 14.4. The quantitative estimate of drug-likeness (QED) is 0.680. The first-order valence-electron chi connectivity index (χ1n) is 7.36. The molecule has 1 fully saturated rings. The van der Waals surface area contributed by atoms with Gasteiger partial charge in [-0.05, 0) is 12.3 Å². The average molecular weight is 286 g/mol. The number of nitrogens with zero attached hydrogens (tertiary/aromatic N) is 2. The molecule has 2 atom stereocenters. The standard InChI is InChI=1S/C14H18N6O/c1-7-4-8(7)11-5-12(19-18-11)16-14(21)13-9-6-15-3-2-10(9)17-20-13/h5,7-8,15H,2-4,6H2,1H3,(H,17,20)(H2,16,18,19,21). The molecule has 0 bridgehead atoms. The molecule has 4 rings (SSSR count). The first kappa shape index (κ1) is 12.6. The molecule has 2 unspecified atom stereocenters. The molecule has 4 N–H and O–H groups in total. The predicted octanol–water partition coefficient (Wildman–Crippen LogP) is 1.15. The van der Waals surface area contributed by atoms with Crippen molar-refractivity contribution in [1.82, 2.24) is 25.7 Å². The first-order valence-corrected chi connectivity index (χ1v) is 7.36. The van der Waals surface area contributed by atoms with Crippen molar-refractivity contribution in [2.24, 2.45) is 5.92 Å². The van der Waals surface area contributed by atoms with Gasteiger partial charge in [-0.2, -0.15) is 10.2 Å². The van der Waals surface area contributed by atoms with E-state index in [1.165, 1.54) is 6.42 Å². The molecule has 7 nitrogen and oxygen atoms in total. The zero-order valence-corrected chi connectivity index (χ0v) is 11.9. The topological polar surface area (TPSA) is 98.5 Å². The van der Waals surface area contributed by atoms with E-state index in [2.05, 4.69) is 38.0 Å². The van der Waals surface area contributed by atoms with Crippen LogP contribution in [0.1, 0.15) is 46.7 Å². The summed E-state index contributed by atoms with van der Waals surface area (Å²) in [7, 11) is 0. The molecule has 0 radical (unpaired) electrons. The smallest absolute Gasteiger partial charge is 0.277 e. The number of rotatable bonds is 3. The van der Waals surface area contributed by atoms with Gasteiger partial charge in [0.15, 0.2) is 11.5 Å². The molecule has 0 saturated heterocycles.